The molecular formula is C12H16ClN3O3. The van der Waals surface area contributed by atoms with Gasteiger partial charge in [0.1, 0.15) is 5.02 Å². The fourth-order valence-corrected chi connectivity index (χ4v) is 1.93. The van der Waals surface area contributed by atoms with Gasteiger partial charge in [-0.3, -0.25) is 4.79 Å². The lowest BCUT2D eigenvalue weighted by molar-refractivity contribution is -0.0818. The molecule has 0 amide bonds. The lowest BCUT2D eigenvalue weighted by atomic mass is 10.3. The van der Waals surface area contributed by atoms with Crippen molar-refractivity contribution in [2.45, 2.75) is 12.6 Å². The Bertz CT molecular complexity index is 497. The SMILES string of the molecule is C=CCn1ncc(NCC2COCCO2)c(Cl)c1=O. The van der Waals surface area contributed by atoms with Crippen LogP contribution in [0.15, 0.2) is 23.6 Å². The van der Waals surface area contributed by atoms with Crippen molar-refractivity contribution in [3.63, 3.8) is 0 Å². The van der Waals surface area contributed by atoms with Crippen LogP contribution in [0.3, 0.4) is 0 Å². The summed E-state index contributed by atoms with van der Waals surface area (Å²) in [5, 5.41) is 7.18. The molecule has 0 saturated carbocycles. The molecule has 104 valence electrons. The number of hydrogen-bond donors (Lipinski definition) is 1. The molecule has 7 heteroatoms. The van der Waals surface area contributed by atoms with Crippen LogP contribution in [0, 0.1) is 0 Å². The zero-order valence-corrected chi connectivity index (χ0v) is 11.2. The van der Waals surface area contributed by atoms with Crippen LogP contribution in [-0.4, -0.2) is 42.2 Å². The summed E-state index contributed by atoms with van der Waals surface area (Å²) in [7, 11) is 0. The number of nitrogens with one attached hydrogen (secondary N) is 1. The van der Waals surface area contributed by atoms with Gasteiger partial charge in [0.05, 0.1) is 44.4 Å². The monoisotopic (exact) mass is 285 g/mol. The van der Waals surface area contributed by atoms with E-state index in [0.717, 1.165) is 0 Å². The zero-order valence-electron chi connectivity index (χ0n) is 10.5. The van der Waals surface area contributed by atoms with Crippen LogP contribution in [0.4, 0.5) is 5.69 Å². The van der Waals surface area contributed by atoms with Crippen LogP contribution >= 0.6 is 11.6 Å². The first-order valence-corrected chi connectivity index (χ1v) is 6.40. The number of allylic oxidation sites excluding steroid dienone is 1. The van der Waals surface area contributed by atoms with Crippen LogP contribution in [0.2, 0.25) is 5.02 Å². The summed E-state index contributed by atoms with van der Waals surface area (Å²) in [6.07, 6.45) is 3.07. The number of nitrogens with zero attached hydrogens (tertiary/aromatic N) is 2. The minimum atomic E-state index is -0.340. The van der Waals surface area contributed by atoms with Gasteiger partial charge in [0.15, 0.2) is 0 Å². The summed E-state index contributed by atoms with van der Waals surface area (Å²) in [5.41, 5.74) is 0.161. The number of halogens is 1. The standard InChI is InChI=1S/C12H16ClN3O3/c1-2-3-16-12(17)11(13)10(7-15-16)14-6-9-8-18-4-5-19-9/h2,7,9,14H,1,3-6,8H2. The summed E-state index contributed by atoms with van der Waals surface area (Å²) in [6, 6.07) is 0. The van der Waals surface area contributed by atoms with Gasteiger partial charge in [-0.05, 0) is 0 Å². The van der Waals surface area contributed by atoms with Gasteiger partial charge in [-0.2, -0.15) is 5.10 Å². The van der Waals surface area contributed by atoms with Gasteiger partial charge in [-0.15, -0.1) is 6.58 Å². The Labute approximate surface area is 116 Å². The van der Waals surface area contributed by atoms with Gasteiger partial charge in [-0.1, -0.05) is 17.7 Å². The lowest BCUT2D eigenvalue weighted by Crippen LogP contribution is -2.34. The largest absolute Gasteiger partial charge is 0.380 e. The lowest BCUT2D eigenvalue weighted by Gasteiger charge is -2.23. The Morgan fingerprint density at radius 2 is 2.47 bits per heavy atom. The van der Waals surface area contributed by atoms with E-state index in [-0.39, 0.29) is 16.7 Å². The summed E-state index contributed by atoms with van der Waals surface area (Å²) >= 11 is 6.01. The first-order chi connectivity index (χ1) is 9.22. The van der Waals surface area contributed by atoms with E-state index in [1.165, 1.54) is 10.9 Å². The van der Waals surface area contributed by atoms with Crippen molar-refractivity contribution in [3.05, 3.63) is 34.2 Å². The highest BCUT2D eigenvalue weighted by Crippen LogP contribution is 2.15. The number of ether oxygens (including phenoxy) is 2. The predicted molar refractivity (Wildman–Crippen MR) is 72.8 cm³/mol. The molecule has 1 aliphatic heterocycles. The van der Waals surface area contributed by atoms with Crippen molar-refractivity contribution >= 4 is 17.3 Å². The first kappa shape index (κ1) is 14.0. The smallest absolute Gasteiger partial charge is 0.287 e. The summed E-state index contributed by atoms with van der Waals surface area (Å²) in [4.78, 5) is 11.9. The molecule has 1 unspecified atom stereocenters. The average molecular weight is 286 g/mol. The molecule has 0 spiro atoms. The molecule has 2 rings (SSSR count). The van der Waals surface area contributed by atoms with E-state index in [1.807, 2.05) is 0 Å². The second kappa shape index (κ2) is 6.70. The van der Waals surface area contributed by atoms with Crippen molar-refractivity contribution in [2.24, 2.45) is 0 Å². The fourth-order valence-electron chi connectivity index (χ4n) is 1.72. The molecule has 1 aromatic rings. The third-order valence-electron chi connectivity index (χ3n) is 2.69. The topological polar surface area (TPSA) is 65.4 Å². The van der Waals surface area contributed by atoms with E-state index in [2.05, 4.69) is 17.0 Å². The number of aromatic nitrogens is 2. The minimum absolute atomic E-state index is 0.0413. The van der Waals surface area contributed by atoms with E-state index in [9.17, 15) is 4.79 Å². The fraction of sp³-hybridized carbons (Fsp3) is 0.500. The van der Waals surface area contributed by atoms with Crippen molar-refractivity contribution in [1.82, 2.24) is 9.78 Å². The predicted octanol–water partition coefficient (Wildman–Crippen LogP) is 0.910. The van der Waals surface area contributed by atoms with Crippen molar-refractivity contribution in [1.29, 1.82) is 0 Å². The van der Waals surface area contributed by atoms with Crippen LogP contribution in [0.25, 0.3) is 0 Å². The number of anilines is 1. The maximum atomic E-state index is 11.9. The Kier molecular flexibility index (Phi) is 4.95. The van der Waals surface area contributed by atoms with E-state index in [0.29, 0.717) is 38.6 Å². The second-order valence-corrected chi connectivity index (χ2v) is 4.47. The second-order valence-electron chi connectivity index (χ2n) is 4.10. The van der Waals surface area contributed by atoms with Crippen LogP contribution < -0.4 is 10.9 Å². The third-order valence-corrected chi connectivity index (χ3v) is 3.06. The van der Waals surface area contributed by atoms with Crippen molar-refractivity contribution in [3.8, 4) is 0 Å². The van der Waals surface area contributed by atoms with Crippen molar-refractivity contribution in [2.75, 3.05) is 31.7 Å². The quantitative estimate of drug-likeness (QED) is 0.815. The highest BCUT2D eigenvalue weighted by Gasteiger charge is 2.15. The van der Waals surface area contributed by atoms with Crippen LogP contribution in [0.5, 0.6) is 0 Å². The maximum absolute atomic E-state index is 11.9. The van der Waals surface area contributed by atoms with Gasteiger partial charge >= 0.3 is 0 Å². The Hall–Kier alpha value is -1.37. The molecule has 1 fully saturated rings. The van der Waals surface area contributed by atoms with Gasteiger partial charge in [0, 0.05) is 6.54 Å². The van der Waals surface area contributed by atoms with Gasteiger partial charge in [-0.25, -0.2) is 4.68 Å². The highest BCUT2D eigenvalue weighted by molar-refractivity contribution is 6.32. The highest BCUT2D eigenvalue weighted by atomic mass is 35.5. The minimum Gasteiger partial charge on any atom is -0.380 e. The van der Waals surface area contributed by atoms with E-state index >= 15 is 0 Å². The van der Waals surface area contributed by atoms with Gasteiger partial charge in [0.2, 0.25) is 0 Å². The van der Waals surface area contributed by atoms with Crippen LogP contribution in [-0.2, 0) is 16.0 Å². The Morgan fingerprint density at radius 1 is 1.63 bits per heavy atom. The molecule has 1 aromatic heterocycles. The molecule has 1 saturated heterocycles. The number of hydrogen-bond acceptors (Lipinski definition) is 5. The normalized spacial score (nSPS) is 19.1. The van der Waals surface area contributed by atoms with E-state index < -0.39 is 0 Å². The molecule has 6 nitrogen and oxygen atoms in total. The average Bonchev–Trinajstić information content (AvgIpc) is 2.44. The van der Waals surface area contributed by atoms with Crippen molar-refractivity contribution < 1.29 is 9.47 Å². The molecule has 0 bridgehead atoms. The summed E-state index contributed by atoms with van der Waals surface area (Å²) in [5.74, 6) is 0. The molecule has 0 aliphatic carbocycles. The van der Waals surface area contributed by atoms with E-state index in [4.69, 9.17) is 21.1 Å². The first-order valence-electron chi connectivity index (χ1n) is 6.02. The molecular weight excluding hydrogens is 270 g/mol. The maximum Gasteiger partial charge on any atom is 0.287 e. The van der Waals surface area contributed by atoms with E-state index in [1.54, 1.807) is 6.08 Å². The molecule has 0 aromatic carbocycles. The Balaban J connectivity index is 2.02. The summed E-state index contributed by atoms with van der Waals surface area (Å²) < 4.78 is 12.0. The molecule has 19 heavy (non-hydrogen) atoms. The third kappa shape index (κ3) is 3.56. The molecule has 1 N–H and O–H groups in total. The van der Waals surface area contributed by atoms with Gasteiger partial charge in [0.25, 0.3) is 5.56 Å². The number of rotatable bonds is 5. The van der Waals surface area contributed by atoms with Crippen LogP contribution in [0.1, 0.15) is 0 Å². The molecule has 1 atom stereocenters. The zero-order chi connectivity index (χ0) is 13.7. The summed E-state index contributed by atoms with van der Waals surface area (Å²) in [6.45, 7) is 6.15. The van der Waals surface area contributed by atoms with Gasteiger partial charge < -0.3 is 14.8 Å². The molecule has 2 heterocycles. The molecule has 1 aliphatic rings. The Morgan fingerprint density at radius 3 is 3.16 bits per heavy atom. The molecule has 0 radical (unpaired) electrons.